The van der Waals surface area contributed by atoms with Gasteiger partial charge in [0.05, 0.1) is 156 Å². The molecule has 3 aliphatic heterocycles. The molecular formula is C73H127N13O27. The molecule has 3 saturated heterocycles. The van der Waals surface area contributed by atoms with E-state index in [9.17, 15) is 69.9 Å². The Morgan fingerprint density at radius 1 is 0.381 bits per heavy atom. The Hall–Kier alpha value is -6.07. The van der Waals surface area contributed by atoms with Crippen LogP contribution in [0.2, 0.25) is 0 Å². The van der Waals surface area contributed by atoms with Crippen LogP contribution >= 0.6 is 0 Å². The Morgan fingerprint density at radius 2 is 0.681 bits per heavy atom. The van der Waals surface area contributed by atoms with E-state index in [0.29, 0.717) is 111 Å². The standard InChI is InChI=1S/C73H127N13O27/c87-47-56-67(96)70(99)59(50-111-56)108-29-9-12-53-44-84(81-78-53)26-35-105-41-38-102-32-23-74-62(90)17-20-73(77-65(93)15-7-5-3-1-2-4-6-8-16-66(94)95,21-18-63(91)75-24-33-103-39-42-106-36-27-85-45-54(79-82-85)13-10-30-109-60-51-112-57(48-88)68(97)71(60)100)22-19-64(92)76-25-34-104-40-43-107-37-28-86-46-55(80-83-86)14-11-31-110-61-52-113-58(49-89)69(98)72(61)101/h44-46,56-61,67-72,87-89,96-101H,1-43,47-52H2,(H,74,90)(H,75,91)(H,76,92)(H,77,93)(H,94,95)/t56-,57-,58-,59+,60+,61+,67+,68+,69+,70-,71-,72-/m1/s1. The van der Waals surface area contributed by atoms with Gasteiger partial charge in [-0.25, -0.2) is 14.0 Å². The van der Waals surface area contributed by atoms with Crippen molar-refractivity contribution in [2.24, 2.45) is 0 Å². The highest BCUT2D eigenvalue weighted by atomic mass is 16.6. The maximum absolute atomic E-state index is 14.0. The van der Waals surface area contributed by atoms with Crippen LogP contribution in [0.15, 0.2) is 18.6 Å². The van der Waals surface area contributed by atoms with Crippen LogP contribution in [-0.4, -0.2) is 363 Å². The van der Waals surface area contributed by atoms with Crippen molar-refractivity contribution in [3.63, 3.8) is 0 Å². The number of unbranched alkanes of at least 4 members (excludes halogenated alkanes) is 7. The number of carboxylic acid groups (broad SMARTS) is 1. The maximum Gasteiger partial charge on any atom is 0.303 e. The average Bonchev–Trinajstić information content (AvgIpc) is 1.73. The number of ether oxygens (including phenoxy) is 12. The third-order valence-corrected chi connectivity index (χ3v) is 19.4. The van der Waals surface area contributed by atoms with Crippen molar-refractivity contribution >= 4 is 29.6 Å². The molecule has 0 aliphatic carbocycles. The first-order chi connectivity index (χ1) is 54.9. The number of aromatic nitrogens is 9. The average molecular weight is 1620 g/mol. The Balaban J connectivity index is 0.916. The summed E-state index contributed by atoms with van der Waals surface area (Å²) in [5.41, 5.74) is 1.05. The molecule has 4 amide bonds. The van der Waals surface area contributed by atoms with Gasteiger partial charge in [-0.2, -0.15) is 0 Å². The van der Waals surface area contributed by atoms with Crippen LogP contribution in [-0.2, 0) is 120 Å². The maximum atomic E-state index is 14.0. The first kappa shape index (κ1) is 95.8. The second-order valence-electron chi connectivity index (χ2n) is 28.3. The van der Waals surface area contributed by atoms with Crippen LogP contribution in [0.1, 0.15) is 139 Å². The lowest BCUT2D eigenvalue weighted by atomic mass is 9.82. The van der Waals surface area contributed by atoms with Gasteiger partial charge in [-0.1, -0.05) is 54.2 Å². The van der Waals surface area contributed by atoms with Gasteiger partial charge in [0.1, 0.15) is 73.2 Å². The molecule has 40 nitrogen and oxygen atoms in total. The monoisotopic (exact) mass is 1620 g/mol. The Morgan fingerprint density at radius 3 is 0.991 bits per heavy atom. The number of aryl methyl sites for hydroxylation is 3. The first-order valence-corrected chi connectivity index (χ1v) is 40.0. The number of aliphatic carboxylic acids is 1. The molecule has 0 spiro atoms. The van der Waals surface area contributed by atoms with Crippen LogP contribution in [0, 0.1) is 0 Å². The highest BCUT2D eigenvalue weighted by Crippen LogP contribution is 2.28. The Bertz CT molecular complexity index is 2760. The number of aliphatic hydroxyl groups is 9. The van der Waals surface area contributed by atoms with Crippen LogP contribution in [0.5, 0.6) is 0 Å². The van der Waals surface area contributed by atoms with Crippen LogP contribution < -0.4 is 21.3 Å². The second kappa shape index (κ2) is 57.1. The van der Waals surface area contributed by atoms with Gasteiger partial charge < -0.3 is 129 Å². The zero-order valence-electron chi connectivity index (χ0n) is 65.2. The summed E-state index contributed by atoms with van der Waals surface area (Å²) in [4.78, 5) is 65.7. The van der Waals surface area contributed by atoms with Crippen molar-refractivity contribution in [1.82, 2.24) is 66.2 Å². The van der Waals surface area contributed by atoms with Gasteiger partial charge in [0.2, 0.25) is 23.6 Å². The summed E-state index contributed by atoms with van der Waals surface area (Å²) in [6.45, 7) is 4.77. The van der Waals surface area contributed by atoms with E-state index in [2.05, 4.69) is 52.2 Å². The molecule has 40 heteroatoms. The van der Waals surface area contributed by atoms with E-state index in [-0.39, 0.29) is 174 Å². The summed E-state index contributed by atoms with van der Waals surface area (Å²) in [5.74, 6) is -2.06. The largest absolute Gasteiger partial charge is 0.481 e. The molecule has 3 fully saturated rings. The van der Waals surface area contributed by atoms with Crippen molar-refractivity contribution in [2.75, 3.05) is 158 Å². The van der Waals surface area contributed by atoms with E-state index >= 15 is 0 Å². The predicted octanol–water partition coefficient (Wildman–Crippen LogP) is -3.22. The molecule has 3 aromatic rings. The fraction of sp³-hybridized carbons (Fsp3) is 0.849. The molecule has 646 valence electrons. The fourth-order valence-corrected chi connectivity index (χ4v) is 12.7. The molecule has 0 aromatic carbocycles. The lowest BCUT2D eigenvalue weighted by Gasteiger charge is -2.36. The number of aliphatic hydroxyl groups excluding tert-OH is 9. The first-order valence-electron chi connectivity index (χ1n) is 40.0. The number of nitrogens with zero attached hydrogens (tertiary/aromatic N) is 9. The van der Waals surface area contributed by atoms with Crippen molar-refractivity contribution in [3.05, 3.63) is 35.7 Å². The van der Waals surface area contributed by atoms with Crippen molar-refractivity contribution < 1.29 is 132 Å². The Kier molecular flexibility index (Phi) is 48.4. The molecule has 0 bridgehead atoms. The lowest BCUT2D eigenvalue weighted by Crippen LogP contribution is -2.55. The van der Waals surface area contributed by atoms with Gasteiger partial charge in [0, 0.05) is 95.7 Å². The number of amides is 4. The number of carbonyl (C=O) groups excluding carboxylic acids is 4. The van der Waals surface area contributed by atoms with E-state index < -0.39 is 105 Å². The molecular weight excluding hydrogens is 1490 g/mol. The SMILES string of the molecule is O=C(O)CCCCCCCCCCC(=O)NC(CCC(=O)NCCOCCOCCn1cc(CCCO[C@H]2CO[C@H](CO)[C@H](O)[C@@H]2O)nn1)(CCC(=O)NCCOCCOCCn1cc(CCCO[C@H]2CO[C@H](CO)[C@H](O)[C@@H]2O)nn1)CCC(=O)NCCOCCOCCn1cc(CCCO[C@H]2CO[C@H](CO)[C@H](O)[C@@H]2O)nn1. The van der Waals surface area contributed by atoms with Crippen LogP contribution in [0.25, 0.3) is 0 Å². The lowest BCUT2D eigenvalue weighted by molar-refractivity contribution is -0.208. The van der Waals surface area contributed by atoms with Gasteiger partial charge >= 0.3 is 5.97 Å². The van der Waals surface area contributed by atoms with Gasteiger partial charge in [-0.3, -0.25) is 24.0 Å². The molecule has 0 unspecified atom stereocenters. The quantitative estimate of drug-likeness (QED) is 0.0247. The molecule has 113 heavy (non-hydrogen) atoms. The van der Waals surface area contributed by atoms with E-state index in [4.69, 9.17) is 61.9 Å². The van der Waals surface area contributed by atoms with Gasteiger partial charge in [0.15, 0.2) is 0 Å². The predicted molar refractivity (Wildman–Crippen MR) is 397 cm³/mol. The smallest absolute Gasteiger partial charge is 0.303 e. The Labute approximate surface area is 659 Å². The molecule has 12 atom stereocenters. The normalized spacial score (nSPS) is 22.0. The molecule has 0 saturated carbocycles. The molecule has 6 heterocycles. The third-order valence-electron chi connectivity index (χ3n) is 19.4. The number of rotatable bonds is 66. The summed E-state index contributed by atoms with van der Waals surface area (Å²) >= 11 is 0. The number of carbonyl (C=O) groups is 5. The summed E-state index contributed by atoms with van der Waals surface area (Å²) in [7, 11) is 0. The highest BCUT2D eigenvalue weighted by Gasteiger charge is 2.41. The summed E-state index contributed by atoms with van der Waals surface area (Å²) in [5, 5.41) is 135. The minimum atomic E-state index is -1.24. The summed E-state index contributed by atoms with van der Waals surface area (Å²) in [6, 6.07) is 0. The fourth-order valence-electron chi connectivity index (χ4n) is 12.7. The van der Waals surface area contributed by atoms with Gasteiger partial charge in [0.25, 0.3) is 0 Å². The molecule has 14 N–H and O–H groups in total. The van der Waals surface area contributed by atoms with Crippen molar-refractivity contribution in [1.29, 1.82) is 0 Å². The van der Waals surface area contributed by atoms with E-state index in [0.717, 1.165) is 55.6 Å². The van der Waals surface area contributed by atoms with Crippen LogP contribution in [0.4, 0.5) is 0 Å². The minimum Gasteiger partial charge on any atom is -0.481 e. The van der Waals surface area contributed by atoms with Crippen molar-refractivity contribution in [3.8, 4) is 0 Å². The summed E-state index contributed by atoms with van der Waals surface area (Å²) < 4.78 is 72.7. The van der Waals surface area contributed by atoms with E-state index in [1.54, 1.807) is 32.6 Å². The molecule has 3 aliphatic rings. The van der Waals surface area contributed by atoms with Crippen LogP contribution in [0.3, 0.4) is 0 Å². The number of carboxylic acids is 1. The van der Waals surface area contributed by atoms with Crippen molar-refractivity contribution in [2.45, 2.75) is 240 Å². The molecule has 6 rings (SSSR count). The molecule has 0 radical (unpaired) electrons. The second-order valence-corrected chi connectivity index (χ2v) is 28.3. The van der Waals surface area contributed by atoms with E-state index in [1.807, 2.05) is 0 Å². The number of hydrogen-bond acceptors (Lipinski definition) is 32. The molecule has 3 aromatic heterocycles. The zero-order chi connectivity index (χ0) is 81.1. The third kappa shape index (κ3) is 39.2. The van der Waals surface area contributed by atoms with Gasteiger partial charge in [-0.05, 0) is 70.6 Å². The van der Waals surface area contributed by atoms with E-state index in [1.165, 1.54) is 0 Å². The van der Waals surface area contributed by atoms with Gasteiger partial charge in [-0.15, -0.1) is 15.3 Å². The zero-order valence-corrected chi connectivity index (χ0v) is 65.2. The number of hydrogen-bond donors (Lipinski definition) is 14. The summed E-state index contributed by atoms with van der Waals surface area (Å²) in [6.07, 6.45) is 3.95. The minimum absolute atomic E-state index is 0.0517. The highest BCUT2D eigenvalue weighted by molar-refractivity contribution is 5.80. The number of nitrogens with one attached hydrogen (secondary N) is 4. The topological polar surface area (TPSA) is 539 Å².